The van der Waals surface area contributed by atoms with Gasteiger partial charge in [0.2, 0.25) is 0 Å². The first-order valence-corrected chi connectivity index (χ1v) is 8.28. The van der Waals surface area contributed by atoms with Gasteiger partial charge in [-0.2, -0.15) is 0 Å². The van der Waals surface area contributed by atoms with Gasteiger partial charge >= 0.3 is 7.60 Å². The van der Waals surface area contributed by atoms with E-state index >= 15 is 0 Å². The van der Waals surface area contributed by atoms with Gasteiger partial charge in [0.1, 0.15) is 0 Å². The van der Waals surface area contributed by atoms with Crippen molar-refractivity contribution in [3.63, 3.8) is 0 Å². The monoisotopic (exact) mass is 369 g/mol. The Kier molecular flexibility index (Phi) is 6.48. The van der Waals surface area contributed by atoms with Crippen LogP contribution in [-0.2, 0) is 19.8 Å². The van der Waals surface area contributed by atoms with Crippen molar-refractivity contribution in [2.75, 3.05) is 16.7 Å². The molecule has 0 aliphatic rings. The molecule has 0 fully saturated rings. The first kappa shape index (κ1) is 15.0. The summed E-state index contributed by atoms with van der Waals surface area (Å²) in [6.07, 6.45) is 0.316. The van der Waals surface area contributed by atoms with Gasteiger partial charge in [-0.15, -0.1) is 0 Å². The van der Waals surface area contributed by atoms with Gasteiger partial charge in [0.15, 0.2) is 0 Å². The topological polar surface area (TPSA) is 47.6 Å². The minimum absolute atomic E-state index is 0.316. The molecule has 0 radical (unpaired) electrons. The maximum absolute atomic E-state index is 12.3. The normalized spacial score (nSPS) is 11.5. The second kappa shape index (κ2) is 7.36. The summed E-state index contributed by atoms with van der Waals surface area (Å²) in [5, 5.41) is 0. The zero-order chi connectivity index (χ0) is 12.7. The van der Waals surface area contributed by atoms with Crippen molar-refractivity contribution in [1.82, 2.24) is 0 Å². The summed E-state index contributed by atoms with van der Waals surface area (Å²) < 4.78 is 25.8. The highest BCUT2D eigenvalue weighted by Crippen LogP contribution is 2.51. The van der Waals surface area contributed by atoms with Crippen molar-refractivity contribution in [3.05, 3.63) is 29.8 Å². The van der Waals surface area contributed by atoms with E-state index < -0.39 is 7.60 Å². The molecule has 0 aliphatic heterocycles. The largest absolute Gasteiger partial charge is 0.335 e. The minimum atomic E-state index is -2.99. The molecule has 0 aliphatic carbocycles. The van der Waals surface area contributed by atoms with Gasteiger partial charge in [0.25, 0.3) is 0 Å². The Morgan fingerprint density at radius 1 is 1.18 bits per heavy atom. The lowest BCUT2D eigenvalue weighted by atomic mass is 10.2. The van der Waals surface area contributed by atoms with Crippen LogP contribution in [-0.4, -0.2) is 13.2 Å². The van der Waals surface area contributed by atoms with Crippen LogP contribution in [0.5, 0.6) is 0 Å². The summed E-state index contributed by atoms with van der Waals surface area (Å²) in [6, 6.07) is 7.71. The number of benzene rings is 1. The summed E-state index contributed by atoms with van der Waals surface area (Å²) in [7, 11) is -2.99. The van der Waals surface area contributed by atoms with E-state index in [0.29, 0.717) is 19.4 Å². The second-order valence-electron chi connectivity index (χ2n) is 3.40. The van der Waals surface area contributed by atoms with E-state index in [2.05, 4.69) is 26.4 Å². The molecule has 0 amide bonds. The standard InChI is InChI=1S/C11H17INO3P/c1-3-15-17(14,16-4-2)9-10-5-7-11(13-12)8-6-10/h5-8,13H,3-4,9H2,1-2H3. The van der Waals surface area contributed by atoms with Gasteiger partial charge in [0.05, 0.1) is 42.2 Å². The van der Waals surface area contributed by atoms with Crippen LogP contribution in [0, 0.1) is 0 Å². The third-order valence-electron chi connectivity index (χ3n) is 2.09. The maximum atomic E-state index is 12.3. The summed E-state index contributed by atoms with van der Waals surface area (Å²) in [6.45, 7) is 4.42. The highest BCUT2D eigenvalue weighted by atomic mass is 127. The first-order valence-electron chi connectivity index (χ1n) is 5.47. The molecule has 0 bridgehead atoms. The molecule has 1 aromatic rings. The van der Waals surface area contributed by atoms with Crippen LogP contribution < -0.4 is 3.53 Å². The van der Waals surface area contributed by atoms with E-state index in [-0.39, 0.29) is 0 Å². The molecule has 0 heterocycles. The Bertz CT molecular complexity index is 373. The third kappa shape index (κ3) is 4.95. The lowest BCUT2D eigenvalue weighted by Gasteiger charge is -2.17. The van der Waals surface area contributed by atoms with Gasteiger partial charge in [-0.1, -0.05) is 12.1 Å². The maximum Gasteiger partial charge on any atom is 0.335 e. The Morgan fingerprint density at radius 2 is 1.71 bits per heavy atom. The van der Waals surface area contributed by atoms with E-state index in [1.165, 1.54) is 0 Å². The molecule has 0 spiro atoms. The molecular formula is C11H17INO3P. The average Bonchev–Trinajstić information content (AvgIpc) is 2.30. The first-order chi connectivity index (χ1) is 8.13. The summed E-state index contributed by atoms with van der Waals surface area (Å²) >= 11 is 2.07. The van der Waals surface area contributed by atoms with Crippen LogP contribution in [0.3, 0.4) is 0 Å². The molecule has 0 saturated carbocycles. The molecular weight excluding hydrogens is 352 g/mol. The molecule has 1 N–H and O–H groups in total. The highest BCUT2D eigenvalue weighted by Gasteiger charge is 2.23. The molecule has 96 valence electrons. The predicted molar refractivity (Wildman–Crippen MR) is 78.6 cm³/mol. The zero-order valence-corrected chi connectivity index (χ0v) is 13.0. The van der Waals surface area contributed by atoms with Crippen molar-refractivity contribution < 1.29 is 13.6 Å². The van der Waals surface area contributed by atoms with Crippen molar-refractivity contribution in [2.24, 2.45) is 0 Å². The van der Waals surface area contributed by atoms with Crippen LogP contribution in [0.25, 0.3) is 0 Å². The van der Waals surface area contributed by atoms with Gasteiger partial charge in [-0.05, 0) is 31.5 Å². The molecule has 1 rings (SSSR count). The number of halogens is 1. The zero-order valence-electron chi connectivity index (χ0n) is 9.98. The number of hydrogen-bond acceptors (Lipinski definition) is 4. The van der Waals surface area contributed by atoms with Crippen LogP contribution in [0.1, 0.15) is 19.4 Å². The van der Waals surface area contributed by atoms with Crippen molar-refractivity contribution in [2.45, 2.75) is 20.0 Å². The summed E-state index contributed by atoms with van der Waals surface area (Å²) in [4.78, 5) is 0. The van der Waals surface area contributed by atoms with E-state index in [1.807, 2.05) is 38.1 Å². The summed E-state index contributed by atoms with van der Waals surface area (Å²) in [5.74, 6) is 0. The molecule has 6 heteroatoms. The Labute approximate surface area is 116 Å². The predicted octanol–water partition coefficient (Wildman–Crippen LogP) is 4.21. The van der Waals surface area contributed by atoms with E-state index in [9.17, 15) is 4.57 Å². The van der Waals surface area contributed by atoms with E-state index in [1.54, 1.807) is 0 Å². The molecule has 0 unspecified atom stereocenters. The van der Waals surface area contributed by atoms with Crippen LogP contribution in [0.4, 0.5) is 5.69 Å². The van der Waals surface area contributed by atoms with Crippen molar-refractivity contribution in [1.29, 1.82) is 0 Å². The molecule has 0 saturated heterocycles. The smallest absolute Gasteiger partial charge is 0.328 e. The Balaban J connectivity index is 2.75. The molecule has 0 aromatic heterocycles. The van der Waals surface area contributed by atoms with Gasteiger partial charge in [-0.25, -0.2) is 0 Å². The van der Waals surface area contributed by atoms with Gasteiger partial charge < -0.3 is 12.6 Å². The third-order valence-corrected chi connectivity index (χ3v) is 4.77. The highest BCUT2D eigenvalue weighted by molar-refractivity contribution is 14.1. The number of nitrogens with one attached hydrogen (secondary N) is 1. The van der Waals surface area contributed by atoms with Crippen LogP contribution in [0.15, 0.2) is 24.3 Å². The van der Waals surface area contributed by atoms with Crippen molar-refractivity contribution >= 4 is 36.1 Å². The molecule has 4 nitrogen and oxygen atoms in total. The molecule has 0 atom stereocenters. The summed E-state index contributed by atoms with van der Waals surface area (Å²) in [5.41, 5.74) is 1.96. The fraction of sp³-hybridized carbons (Fsp3) is 0.455. The number of rotatable bonds is 7. The van der Waals surface area contributed by atoms with Crippen LogP contribution >= 0.6 is 30.5 Å². The lowest BCUT2D eigenvalue weighted by molar-refractivity contribution is 0.219. The lowest BCUT2D eigenvalue weighted by Crippen LogP contribution is -1.99. The Hall–Kier alpha value is -0.100. The van der Waals surface area contributed by atoms with Crippen molar-refractivity contribution in [3.8, 4) is 0 Å². The van der Waals surface area contributed by atoms with Gasteiger partial charge in [0, 0.05) is 5.69 Å². The van der Waals surface area contributed by atoms with E-state index in [4.69, 9.17) is 9.05 Å². The van der Waals surface area contributed by atoms with Crippen LogP contribution in [0.2, 0.25) is 0 Å². The number of hydrogen-bond donors (Lipinski definition) is 1. The minimum Gasteiger partial charge on any atom is -0.328 e. The quantitative estimate of drug-likeness (QED) is 0.444. The average molecular weight is 369 g/mol. The van der Waals surface area contributed by atoms with E-state index in [0.717, 1.165) is 11.3 Å². The Morgan fingerprint density at radius 3 is 2.12 bits per heavy atom. The SMILES string of the molecule is CCOP(=O)(Cc1ccc(NI)cc1)OCC. The fourth-order valence-corrected chi connectivity index (χ4v) is 3.48. The molecule has 1 aromatic carbocycles. The number of anilines is 1. The van der Waals surface area contributed by atoms with Gasteiger partial charge in [-0.3, -0.25) is 4.57 Å². The second-order valence-corrected chi connectivity index (χ2v) is 5.99. The molecule has 17 heavy (non-hydrogen) atoms. The fourth-order valence-electron chi connectivity index (χ4n) is 1.42.